The van der Waals surface area contributed by atoms with Crippen LogP contribution in [0, 0.1) is 9.81 Å². The molecule has 2 aromatic rings. The third-order valence-corrected chi connectivity index (χ3v) is 4.32. The Kier molecular flexibility index (Phi) is 4.17. The third-order valence-electron chi connectivity index (χ3n) is 2.24. The van der Waals surface area contributed by atoms with Crippen molar-refractivity contribution in [3.63, 3.8) is 0 Å². The first-order valence-electron chi connectivity index (χ1n) is 5.14. The normalized spacial score (nSPS) is 10.2. The van der Waals surface area contributed by atoms with Gasteiger partial charge in [-0.1, -0.05) is 30.3 Å². The molecular weight excluding hydrogens is 347 g/mol. The molecule has 17 heavy (non-hydrogen) atoms. The second-order valence-corrected chi connectivity index (χ2v) is 6.67. The van der Waals surface area contributed by atoms with E-state index in [9.17, 15) is 4.79 Å². The molecule has 2 nitrogen and oxygen atoms in total. The van der Waals surface area contributed by atoms with Crippen LogP contribution >= 0.6 is 33.9 Å². The molecule has 0 saturated carbocycles. The van der Waals surface area contributed by atoms with Crippen LogP contribution < -0.4 is 0 Å². The molecule has 0 radical (unpaired) electrons. The molecule has 0 aliphatic heterocycles. The smallest absolute Gasteiger partial charge is 0.340 e. The van der Waals surface area contributed by atoms with Gasteiger partial charge in [0.15, 0.2) is 0 Å². The number of esters is 1. The number of benzene rings is 1. The summed E-state index contributed by atoms with van der Waals surface area (Å²) in [5, 5.41) is 0. The van der Waals surface area contributed by atoms with Gasteiger partial charge in [-0.3, -0.25) is 0 Å². The fraction of sp³-hybridized carbons (Fsp3) is 0.154. The summed E-state index contributed by atoms with van der Waals surface area (Å²) in [4.78, 5) is 13.0. The molecule has 1 aromatic heterocycles. The summed E-state index contributed by atoms with van der Waals surface area (Å²) in [7, 11) is 0. The number of aryl methyl sites for hydroxylation is 1. The minimum Gasteiger partial charge on any atom is -0.457 e. The Morgan fingerprint density at radius 2 is 2.06 bits per heavy atom. The van der Waals surface area contributed by atoms with Crippen LogP contribution in [0.25, 0.3) is 0 Å². The van der Waals surface area contributed by atoms with E-state index in [1.54, 1.807) is 11.3 Å². The molecule has 1 heterocycles. The van der Waals surface area contributed by atoms with E-state index in [1.165, 1.54) is 0 Å². The van der Waals surface area contributed by atoms with Gasteiger partial charge < -0.3 is 4.74 Å². The summed E-state index contributed by atoms with van der Waals surface area (Å²) in [5.74, 6) is -0.248. The van der Waals surface area contributed by atoms with Gasteiger partial charge in [-0.05, 0) is 41.1 Å². The van der Waals surface area contributed by atoms with Crippen molar-refractivity contribution in [2.45, 2.75) is 13.5 Å². The molecule has 0 spiro atoms. The van der Waals surface area contributed by atoms with Crippen molar-refractivity contribution in [3.05, 3.63) is 55.3 Å². The fourth-order valence-electron chi connectivity index (χ4n) is 1.43. The van der Waals surface area contributed by atoms with Crippen LogP contribution in [0.2, 0.25) is 0 Å². The van der Waals surface area contributed by atoms with Crippen LogP contribution in [0.1, 0.15) is 20.8 Å². The van der Waals surface area contributed by atoms with Crippen molar-refractivity contribution in [1.82, 2.24) is 0 Å². The van der Waals surface area contributed by atoms with Gasteiger partial charge in [-0.15, -0.1) is 11.3 Å². The molecule has 0 amide bonds. The average Bonchev–Trinajstić information content (AvgIpc) is 2.67. The van der Waals surface area contributed by atoms with E-state index in [1.807, 2.05) is 43.3 Å². The van der Waals surface area contributed by atoms with Crippen molar-refractivity contribution in [2.75, 3.05) is 0 Å². The van der Waals surface area contributed by atoms with Crippen LogP contribution in [0.4, 0.5) is 0 Å². The van der Waals surface area contributed by atoms with Crippen molar-refractivity contribution in [2.24, 2.45) is 0 Å². The monoisotopic (exact) mass is 358 g/mol. The molecule has 0 atom stereocenters. The van der Waals surface area contributed by atoms with E-state index < -0.39 is 0 Å². The van der Waals surface area contributed by atoms with E-state index in [-0.39, 0.29) is 5.97 Å². The number of carbonyl (C=O) groups is 1. The van der Waals surface area contributed by atoms with Crippen molar-refractivity contribution < 1.29 is 9.53 Å². The predicted octanol–water partition coefficient (Wildman–Crippen LogP) is 4.02. The quantitative estimate of drug-likeness (QED) is 0.612. The highest BCUT2D eigenvalue weighted by atomic mass is 127. The third kappa shape index (κ3) is 3.29. The Labute approximate surface area is 118 Å². The molecule has 0 fully saturated rings. The molecule has 0 unspecified atom stereocenters. The molecular formula is C13H11IO2S. The molecule has 4 heteroatoms. The summed E-state index contributed by atoms with van der Waals surface area (Å²) in [6, 6.07) is 11.6. The maximum atomic E-state index is 11.8. The molecule has 88 valence electrons. The first kappa shape index (κ1) is 12.6. The number of hydrogen-bond acceptors (Lipinski definition) is 3. The van der Waals surface area contributed by atoms with Crippen molar-refractivity contribution in [3.8, 4) is 0 Å². The first-order chi connectivity index (χ1) is 8.16. The van der Waals surface area contributed by atoms with Gasteiger partial charge in [0.25, 0.3) is 0 Å². The minimum atomic E-state index is -0.248. The minimum absolute atomic E-state index is 0.248. The average molecular weight is 358 g/mol. The Morgan fingerprint density at radius 3 is 2.65 bits per heavy atom. The van der Waals surface area contributed by atoms with Crippen LogP contribution in [-0.2, 0) is 11.3 Å². The number of thiophene rings is 1. The topological polar surface area (TPSA) is 26.3 Å². The second kappa shape index (κ2) is 5.64. The highest BCUT2D eigenvalue weighted by Crippen LogP contribution is 2.24. The van der Waals surface area contributed by atoms with Gasteiger partial charge >= 0.3 is 5.97 Å². The van der Waals surface area contributed by atoms with Gasteiger partial charge in [-0.25, -0.2) is 4.79 Å². The first-order valence-corrected chi connectivity index (χ1v) is 7.03. The van der Waals surface area contributed by atoms with Crippen molar-refractivity contribution >= 4 is 39.9 Å². The van der Waals surface area contributed by atoms with Crippen LogP contribution in [-0.4, -0.2) is 5.97 Å². The molecule has 0 aliphatic rings. The predicted molar refractivity (Wildman–Crippen MR) is 77.3 cm³/mol. The van der Waals surface area contributed by atoms with E-state index in [4.69, 9.17) is 4.74 Å². The number of halogens is 1. The lowest BCUT2D eigenvalue weighted by Crippen LogP contribution is -2.05. The molecule has 2 rings (SSSR count). The maximum Gasteiger partial charge on any atom is 0.340 e. The molecule has 0 aliphatic carbocycles. The highest BCUT2D eigenvalue weighted by Gasteiger charge is 2.14. The SMILES string of the molecule is Cc1cc(C(=O)OCc2ccccc2)c(I)s1. The van der Waals surface area contributed by atoms with E-state index in [0.717, 1.165) is 13.3 Å². The molecule has 0 N–H and O–H groups in total. The zero-order valence-electron chi connectivity index (χ0n) is 9.27. The Morgan fingerprint density at radius 1 is 1.35 bits per heavy atom. The lowest BCUT2D eigenvalue weighted by molar-refractivity contribution is 0.0472. The lowest BCUT2D eigenvalue weighted by Gasteiger charge is -2.03. The van der Waals surface area contributed by atoms with Gasteiger partial charge in [0, 0.05) is 4.88 Å². The largest absolute Gasteiger partial charge is 0.457 e. The Bertz CT molecular complexity index is 519. The van der Waals surface area contributed by atoms with Gasteiger partial charge in [0.1, 0.15) is 6.61 Å². The Balaban J connectivity index is 2.01. The maximum absolute atomic E-state index is 11.8. The van der Waals surface area contributed by atoms with Gasteiger partial charge in [-0.2, -0.15) is 0 Å². The number of carbonyl (C=O) groups excluding carboxylic acids is 1. The van der Waals surface area contributed by atoms with Gasteiger partial charge in [0.05, 0.1) is 8.45 Å². The summed E-state index contributed by atoms with van der Waals surface area (Å²) >= 11 is 3.77. The summed E-state index contributed by atoms with van der Waals surface area (Å²) in [6.07, 6.45) is 0. The summed E-state index contributed by atoms with van der Waals surface area (Å²) in [6.45, 7) is 2.31. The van der Waals surface area contributed by atoms with E-state index in [2.05, 4.69) is 22.6 Å². The van der Waals surface area contributed by atoms with Crippen LogP contribution in [0.3, 0.4) is 0 Å². The fourth-order valence-corrected chi connectivity index (χ4v) is 3.56. The highest BCUT2D eigenvalue weighted by molar-refractivity contribution is 14.1. The van der Waals surface area contributed by atoms with Gasteiger partial charge in [0.2, 0.25) is 0 Å². The number of hydrogen-bond donors (Lipinski definition) is 0. The molecule has 0 bridgehead atoms. The zero-order chi connectivity index (χ0) is 12.3. The summed E-state index contributed by atoms with van der Waals surface area (Å²) in [5.41, 5.74) is 1.67. The zero-order valence-corrected chi connectivity index (χ0v) is 12.2. The molecule has 0 saturated heterocycles. The number of rotatable bonds is 3. The van der Waals surface area contributed by atoms with Crippen LogP contribution in [0.5, 0.6) is 0 Å². The second-order valence-electron chi connectivity index (χ2n) is 3.61. The van der Waals surface area contributed by atoms with Crippen LogP contribution in [0.15, 0.2) is 36.4 Å². The molecule has 1 aromatic carbocycles. The Hall–Kier alpha value is -0.880. The number of ether oxygens (including phenoxy) is 1. The van der Waals surface area contributed by atoms with Crippen molar-refractivity contribution in [1.29, 1.82) is 0 Å². The summed E-state index contributed by atoms with van der Waals surface area (Å²) < 4.78 is 6.26. The lowest BCUT2D eigenvalue weighted by atomic mass is 10.2. The standard InChI is InChI=1S/C13H11IO2S/c1-9-7-11(12(14)17-9)13(15)16-8-10-5-3-2-4-6-10/h2-7H,8H2,1H3. The van der Waals surface area contributed by atoms with E-state index in [0.29, 0.717) is 12.2 Å². The van der Waals surface area contributed by atoms with E-state index >= 15 is 0 Å².